The van der Waals surface area contributed by atoms with Gasteiger partial charge in [-0.2, -0.15) is 0 Å². The predicted molar refractivity (Wildman–Crippen MR) is 302 cm³/mol. The van der Waals surface area contributed by atoms with E-state index in [1.54, 1.807) is 5.56 Å². The first kappa shape index (κ1) is 48.0. The van der Waals surface area contributed by atoms with Gasteiger partial charge in [-0.3, -0.25) is 9.55 Å². The van der Waals surface area contributed by atoms with Gasteiger partial charge in [0.25, 0.3) is 0 Å². The van der Waals surface area contributed by atoms with Crippen LogP contribution in [0.1, 0.15) is 149 Å². The van der Waals surface area contributed by atoms with E-state index in [0.717, 1.165) is 84.7 Å². The molecule has 8 aromatic rings. The minimum Gasteiger partial charge on any atom is -0.507 e. The second-order valence-corrected chi connectivity index (χ2v) is 26.5. The zero-order valence-electron chi connectivity index (χ0n) is 45.0. The Morgan fingerprint density at radius 1 is 0.486 bits per heavy atom. The number of pyridine rings is 1. The van der Waals surface area contributed by atoms with Crippen molar-refractivity contribution in [2.75, 3.05) is 0 Å². The molecule has 1 N–H and O–H groups in total. The molecule has 4 nitrogen and oxygen atoms in total. The van der Waals surface area contributed by atoms with Gasteiger partial charge in [-0.15, -0.1) is 0 Å². The highest BCUT2D eigenvalue weighted by molar-refractivity contribution is 5.98. The molecule has 12 rings (SSSR count). The Morgan fingerprint density at radius 2 is 1.10 bits per heavy atom. The maximum Gasteiger partial charge on any atom is 0.149 e. The van der Waals surface area contributed by atoms with E-state index in [4.69, 9.17) is 9.97 Å². The summed E-state index contributed by atoms with van der Waals surface area (Å²) < 4.78 is 2.32. The van der Waals surface area contributed by atoms with Gasteiger partial charge >= 0.3 is 0 Å². The summed E-state index contributed by atoms with van der Waals surface area (Å²) in [5.74, 6) is 3.76. The fourth-order valence-electron chi connectivity index (χ4n) is 13.2. The third kappa shape index (κ3) is 8.71. The van der Waals surface area contributed by atoms with Crippen LogP contribution in [0.5, 0.6) is 5.75 Å². The number of phenolic OH excluding ortho intramolecular Hbond substituents is 1. The van der Waals surface area contributed by atoms with Gasteiger partial charge in [0.1, 0.15) is 11.6 Å². The number of rotatable bonds is 7. The van der Waals surface area contributed by atoms with E-state index in [-0.39, 0.29) is 27.4 Å². The van der Waals surface area contributed by atoms with Gasteiger partial charge < -0.3 is 5.11 Å². The van der Waals surface area contributed by atoms with Crippen LogP contribution >= 0.6 is 0 Å². The third-order valence-corrected chi connectivity index (χ3v) is 16.9. The van der Waals surface area contributed by atoms with Crippen molar-refractivity contribution in [3.63, 3.8) is 0 Å². The standard InChI is InChI=1S/C68H75N3O/c1-64(2,3)51-25-26-59(55(36-51)46-17-14-13-15-18-46)71-60-20-16-19-54(61(60)70-63(71)56-37-53(66(7,8)9)38-57(62(56)72)67(10,11)12)48-32-49(34-52(33-48)65(4,5)6)58-35-47(27-28-69-58)45-21-23-50(24-22-45)68-39-42-29-43(40-68)31-44(30-42)41-68/h13-28,32-38,42-44,72H,29-31,39-41H2,1-12H3. The number of aromatic hydroxyl groups is 1. The molecule has 0 amide bonds. The molecule has 0 unspecified atom stereocenters. The number of hydrogen-bond acceptors (Lipinski definition) is 3. The van der Waals surface area contributed by atoms with Crippen LogP contribution in [0.3, 0.4) is 0 Å². The molecule has 4 bridgehead atoms. The van der Waals surface area contributed by atoms with E-state index < -0.39 is 0 Å². The smallest absolute Gasteiger partial charge is 0.149 e. The number of nitrogens with zero attached hydrogens (tertiary/aromatic N) is 3. The van der Waals surface area contributed by atoms with Gasteiger partial charge in [-0.25, -0.2) is 4.98 Å². The molecule has 4 fully saturated rings. The van der Waals surface area contributed by atoms with Crippen LogP contribution in [0, 0.1) is 17.8 Å². The molecule has 4 heteroatoms. The predicted octanol–water partition coefficient (Wildman–Crippen LogP) is 18.1. The van der Waals surface area contributed by atoms with E-state index in [1.165, 1.54) is 60.8 Å². The average Bonchev–Trinajstić information content (AvgIpc) is 3.72. The Balaban J connectivity index is 1.09. The molecule has 72 heavy (non-hydrogen) atoms. The second-order valence-electron chi connectivity index (χ2n) is 26.5. The van der Waals surface area contributed by atoms with Crippen molar-refractivity contribution in [1.82, 2.24) is 14.5 Å². The SMILES string of the molecule is CC(C)(C)c1cc(-c2cc(-c3ccc(C45CC6CC(CC(C6)C4)C5)cc3)ccn2)cc(-c2cccc3c2nc(-c2cc(C(C)(C)C)cc(C(C)(C)C)c2O)n3-c2ccc(C(C)(C)C)cc2-c2ccccc2)c1. The molecule has 0 saturated heterocycles. The topological polar surface area (TPSA) is 50.9 Å². The first-order chi connectivity index (χ1) is 34.0. The van der Waals surface area contributed by atoms with Crippen molar-refractivity contribution in [3.8, 4) is 67.5 Å². The lowest BCUT2D eigenvalue weighted by molar-refractivity contribution is -0.00518. The number of imidazole rings is 1. The van der Waals surface area contributed by atoms with Crippen LogP contribution in [0.25, 0.3) is 72.7 Å². The molecule has 0 spiro atoms. The Morgan fingerprint density at radius 3 is 1.72 bits per heavy atom. The first-order valence-corrected chi connectivity index (χ1v) is 26.9. The maximum absolute atomic E-state index is 12.6. The lowest BCUT2D eigenvalue weighted by atomic mass is 9.48. The summed E-state index contributed by atoms with van der Waals surface area (Å²) in [6.07, 6.45) is 10.5. The number of fused-ring (bicyclic) bond motifs is 1. The Labute approximate surface area is 430 Å². The summed E-state index contributed by atoms with van der Waals surface area (Å²) >= 11 is 0. The van der Waals surface area contributed by atoms with Crippen LogP contribution in [-0.4, -0.2) is 19.6 Å². The van der Waals surface area contributed by atoms with E-state index in [9.17, 15) is 5.11 Å². The highest BCUT2D eigenvalue weighted by Gasteiger charge is 2.51. The second kappa shape index (κ2) is 17.2. The Bertz CT molecular complexity index is 3320. The quantitative estimate of drug-likeness (QED) is 0.173. The third-order valence-electron chi connectivity index (χ3n) is 16.9. The highest BCUT2D eigenvalue weighted by atomic mass is 16.3. The molecular formula is C68H75N3O. The van der Waals surface area contributed by atoms with Crippen LogP contribution in [-0.2, 0) is 27.1 Å². The van der Waals surface area contributed by atoms with Crippen LogP contribution in [0.2, 0.25) is 0 Å². The zero-order chi connectivity index (χ0) is 50.7. The van der Waals surface area contributed by atoms with Crippen molar-refractivity contribution >= 4 is 11.0 Å². The number of hydrogen-bond donors (Lipinski definition) is 1. The van der Waals surface area contributed by atoms with Gasteiger partial charge in [0.2, 0.25) is 0 Å². The molecule has 0 atom stereocenters. The number of aromatic nitrogens is 3. The van der Waals surface area contributed by atoms with Crippen molar-refractivity contribution in [1.29, 1.82) is 0 Å². The number of benzene rings is 6. The van der Waals surface area contributed by atoms with Gasteiger partial charge in [0, 0.05) is 28.5 Å². The van der Waals surface area contributed by atoms with Crippen molar-refractivity contribution in [2.24, 2.45) is 17.8 Å². The summed E-state index contributed by atoms with van der Waals surface area (Å²) in [5.41, 5.74) is 18.2. The molecule has 2 heterocycles. The van der Waals surface area contributed by atoms with E-state index in [1.807, 2.05) is 6.20 Å². The van der Waals surface area contributed by atoms with Crippen molar-refractivity contribution in [2.45, 2.75) is 149 Å². The first-order valence-electron chi connectivity index (χ1n) is 26.9. The molecule has 2 aromatic heterocycles. The van der Waals surface area contributed by atoms with Gasteiger partial charge in [0.05, 0.1) is 28.0 Å². The molecule has 4 saturated carbocycles. The maximum atomic E-state index is 12.6. The van der Waals surface area contributed by atoms with Gasteiger partial charge in [0.15, 0.2) is 0 Å². The summed E-state index contributed by atoms with van der Waals surface area (Å²) in [5, 5.41) is 12.6. The monoisotopic (exact) mass is 950 g/mol. The van der Waals surface area contributed by atoms with Crippen molar-refractivity contribution < 1.29 is 5.11 Å². The minimum absolute atomic E-state index is 0.0709. The minimum atomic E-state index is -0.321. The summed E-state index contributed by atoms with van der Waals surface area (Å²) in [6.45, 7) is 27.0. The summed E-state index contributed by atoms with van der Waals surface area (Å²) in [6, 6.07) is 49.7. The molecule has 368 valence electrons. The van der Waals surface area contributed by atoms with Gasteiger partial charge in [-0.1, -0.05) is 168 Å². The molecule has 4 aliphatic rings. The highest BCUT2D eigenvalue weighted by Crippen LogP contribution is 2.61. The number of para-hydroxylation sites is 1. The van der Waals surface area contributed by atoms with E-state index in [0.29, 0.717) is 11.2 Å². The molecular weight excluding hydrogens is 875 g/mol. The zero-order valence-corrected chi connectivity index (χ0v) is 45.0. The largest absolute Gasteiger partial charge is 0.507 e. The lowest BCUT2D eigenvalue weighted by Gasteiger charge is -2.57. The van der Waals surface area contributed by atoms with Crippen molar-refractivity contribution in [3.05, 3.63) is 167 Å². The van der Waals surface area contributed by atoms with E-state index >= 15 is 0 Å². The Hall–Kier alpha value is -6.26. The summed E-state index contributed by atoms with van der Waals surface area (Å²) in [7, 11) is 0. The molecule has 0 radical (unpaired) electrons. The molecule has 4 aliphatic carbocycles. The number of phenols is 1. The Kier molecular flexibility index (Phi) is 11.5. The van der Waals surface area contributed by atoms with Crippen LogP contribution in [0.15, 0.2) is 140 Å². The normalized spacial score (nSPS) is 20.1. The van der Waals surface area contributed by atoms with Crippen LogP contribution < -0.4 is 0 Å². The van der Waals surface area contributed by atoms with Crippen LogP contribution in [0.4, 0.5) is 0 Å². The molecule has 0 aliphatic heterocycles. The van der Waals surface area contributed by atoms with E-state index in [2.05, 4.69) is 221 Å². The average molecular weight is 950 g/mol. The fourth-order valence-corrected chi connectivity index (χ4v) is 13.2. The fraction of sp³-hybridized carbons (Fsp3) is 0.382. The summed E-state index contributed by atoms with van der Waals surface area (Å²) in [4.78, 5) is 10.8. The lowest BCUT2D eigenvalue weighted by Crippen LogP contribution is -2.48. The van der Waals surface area contributed by atoms with Gasteiger partial charge in [-0.05, 0) is 176 Å². The molecule has 6 aromatic carbocycles.